The van der Waals surface area contributed by atoms with Crippen molar-refractivity contribution in [2.24, 2.45) is 5.92 Å². The molecule has 0 aliphatic carbocycles. The zero-order valence-electron chi connectivity index (χ0n) is 15.3. The Morgan fingerprint density at radius 1 is 1.30 bits per heavy atom. The highest BCUT2D eigenvalue weighted by molar-refractivity contribution is 5.93. The fourth-order valence-corrected chi connectivity index (χ4v) is 3.93. The summed E-state index contributed by atoms with van der Waals surface area (Å²) in [4.78, 5) is 46.9. The van der Waals surface area contributed by atoms with E-state index in [-0.39, 0.29) is 35.0 Å². The normalized spacial score (nSPS) is 22.2. The molecular formula is C18H21N5O4. The third-order valence-electron chi connectivity index (χ3n) is 5.48. The van der Waals surface area contributed by atoms with Crippen molar-refractivity contribution in [2.75, 3.05) is 13.1 Å². The van der Waals surface area contributed by atoms with Crippen LogP contribution in [0.1, 0.15) is 40.3 Å². The molecule has 2 bridgehead atoms. The number of aryl methyl sites for hydroxylation is 2. The zero-order chi connectivity index (χ0) is 19.1. The third-order valence-corrected chi connectivity index (χ3v) is 5.48. The number of amides is 2. The van der Waals surface area contributed by atoms with Crippen LogP contribution in [0.4, 0.5) is 0 Å². The summed E-state index contributed by atoms with van der Waals surface area (Å²) >= 11 is 0. The molecule has 0 spiro atoms. The molecule has 0 radical (unpaired) electrons. The molecule has 3 aliphatic heterocycles. The molecule has 9 heteroatoms. The Morgan fingerprint density at radius 2 is 2.11 bits per heavy atom. The van der Waals surface area contributed by atoms with E-state index in [1.54, 1.807) is 4.90 Å². The highest BCUT2D eigenvalue weighted by Gasteiger charge is 2.42. The summed E-state index contributed by atoms with van der Waals surface area (Å²) in [7, 11) is 0. The molecule has 0 aromatic carbocycles. The van der Waals surface area contributed by atoms with Crippen molar-refractivity contribution in [3.8, 4) is 0 Å². The van der Waals surface area contributed by atoms with E-state index in [1.165, 1.54) is 6.20 Å². The van der Waals surface area contributed by atoms with Crippen molar-refractivity contribution in [1.82, 2.24) is 24.9 Å². The Kier molecular flexibility index (Phi) is 4.29. The summed E-state index contributed by atoms with van der Waals surface area (Å²) in [6.45, 7) is 4.97. The number of carbonyl (C=O) groups excluding carboxylic acids is 2. The number of fused-ring (bicyclic) bond motifs is 4. The first-order valence-electron chi connectivity index (χ1n) is 9.00. The maximum absolute atomic E-state index is 13.0. The summed E-state index contributed by atoms with van der Waals surface area (Å²) < 4.78 is 5.22. The summed E-state index contributed by atoms with van der Waals surface area (Å²) in [5.74, 6) is 0.285. The maximum Gasteiger partial charge on any atom is 0.274 e. The van der Waals surface area contributed by atoms with Gasteiger partial charge in [-0.3, -0.25) is 14.4 Å². The lowest BCUT2D eigenvalue weighted by atomic mass is 9.93. The zero-order valence-corrected chi connectivity index (χ0v) is 15.3. The van der Waals surface area contributed by atoms with Gasteiger partial charge in [-0.25, -0.2) is 4.98 Å². The summed E-state index contributed by atoms with van der Waals surface area (Å²) in [5.41, 5.74) is 1.53. The predicted octanol–water partition coefficient (Wildman–Crippen LogP) is 0.638. The summed E-state index contributed by atoms with van der Waals surface area (Å²) in [6, 6.07) is -0.0586. The van der Waals surface area contributed by atoms with Crippen LogP contribution in [0.15, 0.2) is 21.7 Å². The Labute approximate surface area is 155 Å². The first kappa shape index (κ1) is 17.4. The van der Waals surface area contributed by atoms with Crippen LogP contribution < -0.4 is 5.56 Å². The molecular weight excluding hydrogens is 350 g/mol. The third kappa shape index (κ3) is 3.13. The first-order chi connectivity index (χ1) is 12.9. The number of hydrogen-bond acceptors (Lipinski definition) is 6. The molecule has 27 heavy (non-hydrogen) atoms. The second kappa shape index (κ2) is 6.64. The second-order valence-electron chi connectivity index (χ2n) is 7.20. The number of rotatable bonds is 3. The lowest BCUT2D eigenvalue weighted by Crippen LogP contribution is -2.47. The lowest BCUT2D eigenvalue weighted by molar-refractivity contribution is -0.140. The maximum atomic E-state index is 13.0. The van der Waals surface area contributed by atoms with Crippen molar-refractivity contribution in [2.45, 2.75) is 39.3 Å². The SMILES string of the molecule is Cc1noc(C)c1CN1C(=O)[C@@H]2CC[C@H]1CN(C(=O)c1c[nH]c(=O)cn1)C2. The first-order valence-corrected chi connectivity index (χ1v) is 9.00. The van der Waals surface area contributed by atoms with Crippen LogP contribution in [-0.2, 0) is 11.3 Å². The Balaban J connectivity index is 1.57. The van der Waals surface area contributed by atoms with Crippen LogP contribution in [0.25, 0.3) is 0 Å². The van der Waals surface area contributed by atoms with Gasteiger partial charge in [-0.15, -0.1) is 0 Å². The van der Waals surface area contributed by atoms with Crippen LogP contribution in [-0.4, -0.2) is 55.9 Å². The van der Waals surface area contributed by atoms with Crippen molar-refractivity contribution >= 4 is 11.8 Å². The number of nitrogens with zero attached hydrogens (tertiary/aromatic N) is 4. The van der Waals surface area contributed by atoms with E-state index in [4.69, 9.17) is 4.52 Å². The molecule has 3 fully saturated rings. The van der Waals surface area contributed by atoms with Gasteiger partial charge in [0.2, 0.25) is 5.91 Å². The quantitative estimate of drug-likeness (QED) is 0.847. The molecule has 3 aliphatic rings. The minimum absolute atomic E-state index is 0.0586. The molecule has 9 nitrogen and oxygen atoms in total. The fourth-order valence-electron chi connectivity index (χ4n) is 3.93. The van der Waals surface area contributed by atoms with Crippen molar-refractivity contribution in [1.29, 1.82) is 0 Å². The summed E-state index contributed by atoms with van der Waals surface area (Å²) in [6.07, 6.45) is 4.03. The molecule has 0 unspecified atom stereocenters. The molecule has 142 valence electrons. The molecule has 2 atom stereocenters. The van der Waals surface area contributed by atoms with E-state index in [0.717, 1.165) is 30.3 Å². The van der Waals surface area contributed by atoms with Crippen molar-refractivity contribution < 1.29 is 14.1 Å². The van der Waals surface area contributed by atoms with Crippen LogP contribution in [0, 0.1) is 19.8 Å². The lowest BCUT2D eigenvalue weighted by Gasteiger charge is -2.35. The monoisotopic (exact) mass is 371 g/mol. The van der Waals surface area contributed by atoms with Gasteiger partial charge >= 0.3 is 0 Å². The number of H-pyrrole nitrogens is 1. The van der Waals surface area contributed by atoms with Gasteiger partial charge < -0.3 is 19.3 Å². The molecule has 1 N–H and O–H groups in total. The van der Waals surface area contributed by atoms with Crippen LogP contribution in [0.2, 0.25) is 0 Å². The van der Waals surface area contributed by atoms with E-state index in [9.17, 15) is 14.4 Å². The van der Waals surface area contributed by atoms with Gasteiger partial charge in [-0.05, 0) is 26.7 Å². The number of aromatic amines is 1. The second-order valence-corrected chi connectivity index (χ2v) is 7.20. The summed E-state index contributed by atoms with van der Waals surface area (Å²) in [5, 5.41) is 3.97. The molecule has 2 aromatic rings. The average molecular weight is 371 g/mol. The Bertz CT molecular complexity index is 909. The topological polar surface area (TPSA) is 112 Å². The van der Waals surface area contributed by atoms with E-state index in [0.29, 0.717) is 25.4 Å². The molecule has 5 heterocycles. The minimum atomic E-state index is -0.358. The Morgan fingerprint density at radius 3 is 2.78 bits per heavy atom. The average Bonchev–Trinajstić information content (AvgIpc) is 2.83. The van der Waals surface area contributed by atoms with Gasteiger partial charge in [-0.1, -0.05) is 5.16 Å². The van der Waals surface area contributed by atoms with Gasteiger partial charge in [0.25, 0.3) is 11.5 Å². The van der Waals surface area contributed by atoms with Gasteiger partial charge in [0, 0.05) is 30.9 Å². The van der Waals surface area contributed by atoms with E-state index in [1.807, 2.05) is 18.7 Å². The van der Waals surface area contributed by atoms with Gasteiger partial charge in [0.05, 0.1) is 24.4 Å². The highest BCUT2D eigenvalue weighted by atomic mass is 16.5. The fraction of sp³-hybridized carbons (Fsp3) is 0.500. The van der Waals surface area contributed by atoms with Gasteiger partial charge in [0.15, 0.2) is 0 Å². The molecule has 5 rings (SSSR count). The van der Waals surface area contributed by atoms with Crippen molar-refractivity contribution in [3.63, 3.8) is 0 Å². The molecule has 2 aromatic heterocycles. The molecule has 3 saturated heterocycles. The molecule has 0 saturated carbocycles. The Hall–Kier alpha value is -2.97. The van der Waals surface area contributed by atoms with E-state index in [2.05, 4.69) is 15.1 Å². The predicted molar refractivity (Wildman–Crippen MR) is 93.8 cm³/mol. The van der Waals surface area contributed by atoms with E-state index < -0.39 is 0 Å². The van der Waals surface area contributed by atoms with Crippen LogP contribution in [0.3, 0.4) is 0 Å². The van der Waals surface area contributed by atoms with Crippen LogP contribution in [0.5, 0.6) is 0 Å². The largest absolute Gasteiger partial charge is 0.361 e. The smallest absolute Gasteiger partial charge is 0.274 e. The van der Waals surface area contributed by atoms with Crippen molar-refractivity contribution in [3.05, 3.63) is 45.5 Å². The number of aromatic nitrogens is 3. The molecule has 2 amide bonds. The number of nitrogens with one attached hydrogen (secondary N) is 1. The van der Waals surface area contributed by atoms with Gasteiger partial charge in [-0.2, -0.15) is 0 Å². The number of hydrogen-bond donors (Lipinski definition) is 1. The highest BCUT2D eigenvalue weighted by Crippen LogP contribution is 2.31. The van der Waals surface area contributed by atoms with Gasteiger partial charge in [0.1, 0.15) is 11.5 Å². The standard InChI is InChI=1S/C18H21N5O4/c1-10-14(11(2)27-21-10)9-23-13-4-3-12(17(23)25)7-22(8-13)18(26)15-5-20-16(24)6-19-15/h5-6,12-13H,3-4,7-9H2,1-2H3,(H,20,24)/t12-,13+/m1/s1. The number of carbonyl (C=O) groups is 2. The number of piperidine rings is 1. The van der Waals surface area contributed by atoms with Crippen LogP contribution >= 0.6 is 0 Å². The minimum Gasteiger partial charge on any atom is -0.361 e. The van der Waals surface area contributed by atoms with E-state index >= 15 is 0 Å².